The molecule has 1 spiro atoms. The molecule has 2 saturated carbocycles. The quantitative estimate of drug-likeness (QED) is 0.899. The van der Waals surface area contributed by atoms with Gasteiger partial charge in [0.1, 0.15) is 0 Å². The van der Waals surface area contributed by atoms with Crippen LogP contribution in [-0.2, 0) is 21.4 Å². The Hall–Kier alpha value is -2.04. The van der Waals surface area contributed by atoms with Crippen molar-refractivity contribution in [3.05, 3.63) is 23.3 Å². The Kier molecular flexibility index (Phi) is 2.70. The van der Waals surface area contributed by atoms with Gasteiger partial charge in [-0.3, -0.25) is 9.59 Å². The highest BCUT2D eigenvalue weighted by molar-refractivity contribution is 5.89. The standard InChI is InChI=1S/C19H21NO4/c1-9(21)20-16-11-7-10-3-6-14(23-2)17-15(10)19(8-11)12(16)4-5-13(22)18(19)24-17/h3,6,11-12,16,18H,4-5,7-8H2,1-2H3,(H,20,21)/t11?,12-,16+,18-,19?/m1/s1. The number of hydrogen-bond acceptors (Lipinski definition) is 4. The van der Waals surface area contributed by atoms with Crippen LogP contribution in [0.1, 0.15) is 37.3 Å². The Morgan fingerprint density at radius 3 is 3.00 bits per heavy atom. The summed E-state index contributed by atoms with van der Waals surface area (Å²) in [6.45, 7) is 1.58. The van der Waals surface area contributed by atoms with Gasteiger partial charge in [-0.05, 0) is 42.7 Å². The third-order valence-electron chi connectivity index (χ3n) is 6.65. The van der Waals surface area contributed by atoms with Crippen molar-refractivity contribution in [2.45, 2.75) is 50.2 Å². The Balaban J connectivity index is 1.74. The van der Waals surface area contributed by atoms with Crippen LogP contribution < -0.4 is 14.8 Å². The van der Waals surface area contributed by atoms with Gasteiger partial charge in [0.25, 0.3) is 0 Å². The Morgan fingerprint density at radius 1 is 1.42 bits per heavy atom. The summed E-state index contributed by atoms with van der Waals surface area (Å²) in [5, 5.41) is 3.19. The van der Waals surface area contributed by atoms with Crippen LogP contribution in [0.3, 0.4) is 0 Å². The summed E-state index contributed by atoms with van der Waals surface area (Å²) in [5.74, 6) is 2.33. The number of fused-ring (bicyclic) bond motifs is 1. The van der Waals surface area contributed by atoms with Crippen LogP contribution in [0.15, 0.2) is 12.1 Å². The molecule has 0 saturated heterocycles. The number of ether oxygens (including phenoxy) is 2. The summed E-state index contributed by atoms with van der Waals surface area (Å²) in [4.78, 5) is 24.4. The lowest BCUT2D eigenvalue weighted by molar-refractivity contribution is -0.132. The summed E-state index contributed by atoms with van der Waals surface area (Å²) in [6, 6.07) is 4.19. The van der Waals surface area contributed by atoms with Crippen LogP contribution in [0.25, 0.3) is 0 Å². The van der Waals surface area contributed by atoms with Crippen LogP contribution in [-0.4, -0.2) is 30.9 Å². The summed E-state index contributed by atoms with van der Waals surface area (Å²) in [6.07, 6.45) is 2.80. The average Bonchev–Trinajstić information content (AvgIpc) is 3.02. The van der Waals surface area contributed by atoms with E-state index in [2.05, 4.69) is 11.4 Å². The number of rotatable bonds is 2. The SMILES string of the molecule is COc1ccc2c3c1O[C@@H]1C(=O)CC[C@@H]4[C@@H](NC(C)=O)C(C2)CC314. The molecule has 1 amide bonds. The predicted octanol–water partition coefficient (Wildman–Crippen LogP) is 1.75. The van der Waals surface area contributed by atoms with Crippen molar-refractivity contribution in [3.8, 4) is 11.5 Å². The van der Waals surface area contributed by atoms with Gasteiger partial charge in [0.2, 0.25) is 5.91 Å². The van der Waals surface area contributed by atoms with Gasteiger partial charge in [-0.1, -0.05) is 6.07 Å². The minimum absolute atomic E-state index is 0.0122. The summed E-state index contributed by atoms with van der Waals surface area (Å²) < 4.78 is 11.7. The molecule has 1 aliphatic heterocycles. The molecule has 3 aliphatic carbocycles. The lowest BCUT2D eigenvalue weighted by Gasteiger charge is -2.41. The predicted molar refractivity (Wildman–Crippen MR) is 86.2 cm³/mol. The van der Waals surface area contributed by atoms with Gasteiger partial charge in [-0.25, -0.2) is 0 Å². The molecule has 2 bridgehead atoms. The fourth-order valence-electron chi connectivity index (χ4n) is 6.02. The first kappa shape index (κ1) is 14.3. The van der Waals surface area contributed by atoms with Crippen molar-refractivity contribution in [3.63, 3.8) is 0 Å². The fraction of sp³-hybridized carbons (Fsp3) is 0.579. The van der Waals surface area contributed by atoms with E-state index in [1.165, 1.54) is 11.1 Å². The van der Waals surface area contributed by atoms with Crippen LogP contribution in [0.2, 0.25) is 0 Å². The smallest absolute Gasteiger partial charge is 0.217 e. The van der Waals surface area contributed by atoms with Gasteiger partial charge in [-0.15, -0.1) is 0 Å². The summed E-state index contributed by atoms with van der Waals surface area (Å²) >= 11 is 0. The Morgan fingerprint density at radius 2 is 2.25 bits per heavy atom. The van der Waals surface area contributed by atoms with E-state index in [0.29, 0.717) is 18.1 Å². The Labute approximate surface area is 140 Å². The monoisotopic (exact) mass is 327 g/mol. The van der Waals surface area contributed by atoms with Crippen molar-refractivity contribution in [1.82, 2.24) is 5.32 Å². The maximum absolute atomic E-state index is 12.7. The number of Topliss-reactive ketones (excluding diaryl/α,β-unsaturated/α-hetero) is 1. The van der Waals surface area contributed by atoms with Gasteiger partial charge in [0.05, 0.1) is 7.11 Å². The zero-order valence-electron chi connectivity index (χ0n) is 13.9. The zero-order valence-corrected chi connectivity index (χ0v) is 13.9. The topological polar surface area (TPSA) is 64.6 Å². The molecule has 4 aliphatic rings. The van der Waals surface area contributed by atoms with E-state index in [1.54, 1.807) is 14.0 Å². The molecule has 24 heavy (non-hydrogen) atoms. The van der Waals surface area contributed by atoms with Crippen molar-refractivity contribution in [1.29, 1.82) is 0 Å². The van der Waals surface area contributed by atoms with Crippen molar-refractivity contribution in [2.75, 3.05) is 7.11 Å². The molecule has 5 nitrogen and oxygen atoms in total. The van der Waals surface area contributed by atoms with Gasteiger partial charge in [0.15, 0.2) is 23.4 Å². The van der Waals surface area contributed by atoms with Crippen LogP contribution >= 0.6 is 0 Å². The van der Waals surface area contributed by atoms with E-state index in [0.717, 1.165) is 25.0 Å². The number of benzene rings is 1. The molecule has 1 aromatic rings. The maximum Gasteiger partial charge on any atom is 0.217 e. The molecule has 126 valence electrons. The lowest BCUT2D eigenvalue weighted by Crippen LogP contribution is -2.53. The van der Waals surface area contributed by atoms with Crippen molar-refractivity contribution < 1.29 is 19.1 Å². The molecule has 1 N–H and O–H groups in total. The van der Waals surface area contributed by atoms with Crippen molar-refractivity contribution in [2.24, 2.45) is 11.8 Å². The molecular formula is C19H21NO4. The van der Waals surface area contributed by atoms with E-state index >= 15 is 0 Å². The first-order valence-electron chi connectivity index (χ1n) is 8.73. The molecular weight excluding hydrogens is 306 g/mol. The third kappa shape index (κ3) is 1.51. The van der Waals surface area contributed by atoms with E-state index in [9.17, 15) is 9.59 Å². The van der Waals surface area contributed by atoms with Gasteiger partial charge in [-0.2, -0.15) is 0 Å². The third-order valence-corrected chi connectivity index (χ3v) is 6.65. The fourth-order valence-corrected chi connectivity index (χ4v) is 6.02. The second-order valence-corrected chi connectivity index (χ2v) is 7.68. The number of nitrogens with one attached hydrogen (secondary N) is 1. The Bertz CT molecular complexity index is 773. The highest BCUT2D eigenvalue weighted by Crippen LogP contribution is 2.66. The van der Waals surface area contributed by atoms with E-state index in [-0.39, 0.29) is 29.1 Å². The van der Waals surface area contributed by atoms with Crippen LogP contribution in [0.5, 0.6) is 11.5 Å². The number of methoxy groups -OCH3 is 1. The number of amides is 1. The van der Waals surface area contributed by atoms with E-state index < -0.39 is 6.10 Å². The molecule has 2 unspecified atom stereocenters. The summed E-state index contributed by atoms with van der Waals surface area (Å²) in [5.41, 5.74) is 2.18. The van der Waals surface area contributed by atoms with Gasteiger partial charge in [0, 0.05) is 30.4 Å². The van der Waals surface area contributed by atoms with Crippen LogP contribution in [0, 0.1) is 11.8 Å². The molecule has 0 aromatic heterocycles. The van der Waals surface area contributed by atoms with E-state index in [4.69, 9.17) is 9.47 Å². The molecule has 2 fully saturated rings. The van der Waals surface area contributed by atoms with Gasteiger partial charge >= 0.3 is 0 Å². The molecule has 5 rings (SSSR count). The first-order chi connectivity index (χ1) is 11.6. The number of carbonyl (C=O) groups excluding carboxylic acids is 2. The number of carbonyl (C=O) groups is 2. The minimum atomic E-state index is -0.414. The molecule has 5 heteroatoms. The number of hydrogen-bond donors (Lipinski definition) is 1. The van der Waals surface area contributed by atoms with E-state index in [1.807, 2.05) is 6.07 Å². The summed E-state index contributed by atoms with van der Waals surface area (Å²) in [7, 11) is 1.64. The normalized spacial score (nSPS) is 37.7. The highest BCUT2D eigenvalue weighted by atomic mass is 16.5. The lowest BCUT2D eigenvalue weighted by atomic mass is 9.60. The van der Waals surface area contributed by atoms with Crippen LogP contribution in [0.4, 0.5) is 0 Å². The number of ketones is 1. The molecule has 0 radical (unpaired) electrons. The second-order valence-electron chi connectivity index (χ2n) is 7.68. The zero-order chi connectivity index (χ0) is 16.6. The highest BCUT2D eigenvalue weighted by Gasteiger charge is 2.68. The molecule has 5 atom stereocenters. The van der Waals surface area contributed by atoms with Gasteiger partial charge < -0.3 is 14.8 Å². The average molecular weight is 327 g/mol. The minimum Gasteiger partial charge on any atom is -0.493 e. The maximum atomic E-state index is 12.7. The first-order valence-corrected chi connectivity index (χ1v) is 8.73. The molecule has 1 heterocycles. The second kappa shape index (κ2) is 4.52. The van der Waals surface area contributed by atoms with Crippen molar-refractivity contribution >= 4 is 11.7 Å². The molecule has 1 aromatic carbocycles. The largest absolute Gasteiger partial charge is 0.493 e.